The zero-order valence-electron chi connectivity index (χ0n) is 11.3. The standard InChI is InChI=1S/C15H16ClFN2O/c1-15(10-18)5-7-19(8-6-15)14(20)9-11-12(16)3-2-4-13(11)17/h2-4H,5-9H2,1H3. The molecule has 0 N–H and O–H groups in total. The zero-order valence-corrected chi connectivity index (χ0v) is 12.1. The predicted octanol–water partition coefficient (Wildman–Crippen LogP) is 3.17. The topological polar surface area (TPSA) is 44.1 Å². The molecule has 2 rings (SSSR count). The molecule has 5 heteroatoms. The van der Waals surface area contributed by atoms with Crippen molar-refractivity contribution < 1.29 is 9.18 Å². The average Bonchev–Trinajstić information content (AvgIpc) is 2.43. The number of carbonyl (C=O) groups is 1. The molecule has 1 amide bonds. The molecular weight excluding hydrogens is 279 g/mol. The highest BCUT2D eigenvalue weighted by Gasteiger charge is 2.32. The van der Waals surface area contributed by atoms with Gasteiger partial charge in [-0.1, -0.05) is 17.7 Å². The van der Waals surface area contributed by atoms with Crippen LogP contribution >= 0.6 is 11.6 Å². The molecule has 0 radical (unpaired) electrons. The van der Waals surface area contributed by atoms with Gasteiger partial charge in [-0.25, -0.2) is 4.39 Å². The first-order chi connectivity index (χ1) is 9.45. The number of benzene rings is 1. The molecule has 20 heavy (non-hydrogen) atoms. The third kappa shape index (κ3) is 3.10. The molecule has 1 aliphatic rings. The van der Waals surface area contributed by atoms with Gasteiger partial charge in [0.2, 0.25) is 5.91 Å². The fourth-order valence-electron chi connectivity index (χ4n) is 2.33. The van der Waals surface area contributed by atoms with Crippen LogP contribution in [0.15, 0.2) is 18.2 Å². The first kappa shape index (κ1) is 14.8. The Morgan fingerprint density at radius 1 is 1.50 bits per heavy atom. The second kappa shape index (κ2) is 5.80. The second-order valence-corrected chi connectivity index (χ2v) is 5.84. The summed E-state index contributed by atoms with van der Waals surface area (Å²) in [5, 5.41) is 9.34. The van der Waals surface area contributed by atoms with Crippen LogP contribution in [0.2, 0.25) is 5.02 Å². The van der Waals surface area contributed by atoms with Gasteiger partial charge in [0.05, 0.1) is 17.9 Å². The van der Waals surface area contributed by atoms with Crippen LogP contribution in [0.3, 0.4) is 0 Å². The van der Waals surface area contributed by atoms with E-state index in [1.165, 1.54) is 12.1 Å². The minimum Gasteiger partial charge on any atom is -0.342 e. The van der Waals surface area contributed by atoms with Gasteiger partial charge in [-0.3, -0.25) is 4.79 Å². The molecule has 0 spiro atoms. The summed E-state index contributed by atoms with van der Waals surface area (Å²) in [6.07, 6.45) is 1.27. The molecule has 1 fully saturated rings. The summed E-state index contributed by atoms with van der Waals surface area (Å²) in [6, 6.07) is 6.69. The summed E-state index contributed by atoms with van der Waals surface area (Å²) < 4.78 is 13.7. The summed E-state index contributed by atoms with van der Waals surface area (Å²) in [6.45, 7) is 2.98. The Kier molecular flexibility index (Phi) is 4.29. The first-order valence-electron chi connectivity index (χ1n) is 6.57. The van der Waals surface area contributed by atoms with Crippen molar-refractivity contribution in [3.8, 4) is 6.07 Å². The average molecular weight is 295 g/mol. The number of nitrogens with zero attached hydrogens (tertiary/aromatic N) is 2. The third-order valence-electron chi connectivity index (χ3n) is 3.88. The normalized spacial score (nSPS) is 17.6. The fraction of sp³-hybridized carbons (Fsp3) is 0.467. The lowest BCUT2D eigenvalue weighted by molar-refractivity contribution is -0.132. The maximum absolute atomic E-state index is 13.7. The number of hydrogen-bond acceptors (Lipinski definition) is 2. The maximum atomic E-state index is 13.7. The van der Waals surface area contributed by atoms with Crippen LogP contribution in [0, 0.1) is 22.6 Å². The van der Waals surface area contributed by atoms with Crippen LogP contribution in [0.5, 0.6) is 0 Å². The van der Waals surface area contributed by atoms with Gasteiger partial charge in [0, 0.05) is 23.7 Å². The highest BCUT2D eigenvalue weighted by molar-refractivity contribution is 6.31. The number of piperidine rings is 1. The molecule has 3 nitrogen and oxygen atoms in total. The SMILES string of the molecule is CC1(C#N)CCN(C(=O)Cc2c(F)cccc2Cl)CC1. The molecule has 0 unspecified atom stereocenters. The van der Waals surface area contributed by atoms with E-state index in [1.807, 2.05) is 6.92 Å². The Bertz CT molecular complexity index is 539. The van der Waals surface area contributed by atoms with Crippen molar-refractivity contribution in [1.29, 1.82) is 5.26 Å². The van der Waals surface area contributed by atoms with E-state index in [-0.39, 0.29) is 28.3 Å². The molecule has 1 aliphatic heterocycles. The van der Waals surface area contributed by atoms with Gasteiger partial charge in [-0.15, -0.1) is 0 Å². The van der Waals surface area contributed by atoms with E-state index < -0.39 is 5.82 Å². The smallest absolute Gasteiger partial charge is 0.227 e. The molecular formula is C15H16ClFN2O. The molecule has 1 heterocycles. The molecule has 1 saturated heterocycles. The first-order valence-corrected chi connectivity index (χ1v) is 6.95. The van der Waals surface area contributed by atoms with Gasteiger partial charge in [0.15, 0.2) is 0 Å². The number of nitriles is 1. The largest absolute Gasteiger partial charge is 0.342 e. The number of carbonyl (C=O) groups excluding carboxylic acids is 1. The van der Waals surface area contributed by atoms with E-state index >= 15 is 0 Å². The third-order valence-corrected chi connectivity index (χ3v) is 4.23. The van der Waals surface area contributed by atoms with E-state index in [0.29, 0.717) is 25.9 Å². The van der Waals surface area contributed by atoms with Gasteiger partial charge in [-0.2, -0.15) is 5.26 Å². The van der Waals surface area contributed by atoms with Gasteiger partial charge in [-0.05, 0) is 31.9 Å². The Hall–Kier alpha value is -1.60. The van der Waals surface area contributed by atoms with E-state index in [0.717, 1.165) is 0 Å². The number of likely N-dealkylation sites (tertiary alicyclic amines) is 1. The van der Waals surface area contributed by atoms with Gasteiger partial charge in [0.1, 0.15) is 5.82 Å². The minimum atomic E-state index is -0.454. The molecule has 0 saturated carbocycles. The zero-order chi connectivity index (χ0) is 14.8. The Balaban J connectivity index is 2.02. The molecule has 1 aromatic carbocycles. The van der Waals surface area contributed by atoms with Crippen molar-refractivity contribution >= 4 is 17.5 Å². The van der Waals surface area contributed by atoms with E-state index in [2.05, 4.69) is 6.07 Å². The van der Waals surface area contributed by atoms with Crippen LogP contribution in [-0.2, 0) is 11.2 Å². The molecule has 0 aliphatic carbocycles. The van der Waals surface area contributed by atoms with Crippen molar-refractivity contribution in [2.75, 3.05) is 13.1 Å². The minimum absolute atomic E-state index is 0.0330. The van der Waals surface area contributed by atoms with Crippen molar-refractivity contribution in [2.24, 2.45) is 5.41 Å². The maximum Gasteiger partial charge on any atom is 0.227 e. The quantitative estimate of drug-likeness (QED) is 0.841. The summed E-state index contributed by atoms with van der Waals surface area (Å²) in [5.41, 5.74) is -0.111. The van der Waals surface area contributed by atoms with Gasteiger partial charge < -0.3 is 4.90 Å². The van der Waals surface area contributed by atoms with Crippen molar-refractivity contribution in [3.05, 3.63) is 34.6 Å². The molecule has 1 aromatic rings. The van der Waals surface area contributed by atoms with E-state index in [9.17, 15) is 9.18 Å². The number of hydrogen-bond donors (Lipinski definition) is 0. The summed E-state index contributed by atoms with van der Waals surface area (Å²) >= 11 is 5.93. The van der Waals surface area contributed by atoms with Crippen LogP contribution < -0.4 is 0 Å². The highest BCUT2D eigenvalue weighted by Crippen LogP contribution is 2.30. The van der Waals surface area contributed by atoms with Gasteiger partial charge >= 0.3 is 0 Å². The lowest BCUT2D eigenvalue weighted by atomic mass is 9.82. The number of halogens is 2. The Morgan fingerprint density at radius 3 is 2.70 bits per heavy atom. The van der Waals surface area contributed by atoms with E-state index in [4.69, 9.17) is 16.9 Å². The van der Waals surface area contributed by atoms with Crippen LogP contribution in [0.25, 0.3) is 0 Å². The van der Waals surface area contributed by atoms with Crippen LogP contribution in [0.4, 0.5) is 4.39 Å². The fourth-order valence-corrected chi connectivity index (χ4v) is 2.56. The van der Waals surface area contributed by atoms with Crippen molar-refractivity contribution in [3.63, 3.8) is 0 Å². The molecule has 0 atom stereocenters. The van der Waals surface area contributed by atoms with Crippen LogP contribution in [0.1, 0.15) is 25.3 Å². The Morgan fingerprint density at radius 2 is 2.15 bits per heavy atom. The van der Waals surface area contributed by atoms with Crippen molar-refractivity contribution in [2.45, 2.75) is 26.2 Å². The van der Waals surface area contributed by atoms with Crippen LogP contribution in [-0.4, -0.2) is 23.9 Å². The number of rotatable bonds is 2. The lowest BCUT2D eigenvalue weighted by Crippen LogP contribution is -2.42. The monoisotopic (exact) mass is 294 g/mol. The summed E-state index contributed by atoms with van der Waals surface area (Å²) in [7, 11) is 0. The van der Waals surface area contributed by atoms with Gasteiger partial charge in [0.25, 0.3) is 0 Å². The highest BCUT2D eigenvalue weighted by atomic mass is 35.5. The molecule has 0 bridgehead atoms. The number of amides is 1. The second-order valence-electron chi connectivity index (χ2n) is 5.43. The molecule has 0 aromatic heterocycles. The molecule has 106 valence electrons. The predicted molar refractivity (Wildman–Crippen MR) is 74.6 cm³/mol. The summed E-state index contributed by atoms with van der Waals surface area (Å²) in [4.78, 5) is 13.9. The van der Waals surface area contributed by atoms with E-state index in [1.54, 1.807) is 11.0 Å². The van der Waals surface area contributed by atoms with Crippen molar-refractivity contribution in [1.82, 2.24) is 4.90 Å². The lowest BCUT2D eigenvalue weighted by Gasteiger charge is -2.35. The summed E-state index contributed by atoms with van der Waals surface area (Å²) in [5.74, 6) is -0.596. The Labute approximate surface area is 122 Å².